The number of alkyl carbamates (subject to hydrolysis) is 1. The molecule has 1 fully saturated rings. The summed E-state index contributed by atoms with van der Waals surface area (Å²) in [5.41, 5.74) is -0.529. The highest BCUT2D eigenvalue weighted by Gasteiger charge is 2.31. The Morgan fingerprint density at radius 1 is 1.25 bits per heavy atom. The van der Waals surface area contributed by atoms with Crippen LogP contribution in [0.4, 0.5) is 4.79 Å². The summed E-state index contributed by atoms with van der Waals surface area (Å²) in [5, 5.41) is 2.72. The van der Waals surface area contributed by atoms with Gasteiger partial charge in [-0.3, -0.25) is 4.79 Å². The molecule has 0 unspecified atom stereocenters. The van der Waals surface area contributed by atoms with Crippen LogP contribution in [0.3, 0.4) is 0 Å². The van der Waals surface area contributed by atoms with Crippen LogP contribution in [0.15, 0.2) is 0 Å². The second-order valence-electron chi connectivity index (χ2n) is 5.96. The normalized spacial score (nSPS) is 23.6. The van der Waals surface area contributed by atoms with Gasteiger partial charge >= 0.3 is 12.1 Å². The zero-order valence-electron chi connectivity index (χ0n) is 12.7. The first-order chi connectivity index (χ1) is 9.33. The van der Waals surface area contributed by atoms with E-state index in [1.807, 2.05) is 20.8 Å². The molecule has 0 spiro atoms. The first kappa shape index (κ1) is 16.8. The van der Waals surface area contributed by atoms with Gasteiger partial charge in [0.05, 0.1) is 13.0 Å². The van der Waals surface area contributed by atoms with Gasteiger partial charge < -0.3 is 19.5 Å². The zero-order valence-corrected chi connectivity index (χ0v) is 12.7. The molecule has 2 atom stereocenters. The molecule has 0 aromatic carbocycles. The third kappa shape index (κ3) is 5.77. The SMILES string of the molecule is COC(=O)[C@H]1CCOCC[C@H]1CNC(=O)OC(C)(C)C. The highest BCUT2D eigenvalue weighted by molar-refractivity contribution is 5.73. The van der Waals surface area contributed by atoms with Crippen LogP contribution in [0.1, 0.15) is 33.6 Å². The summed E-state index contributed by atoms with van der Waals surface area (Å²) in [4.78, 5) is 23.4. The Kier molecular flexibility index (Phi) is 6.26. The fourth-order valence-corrected chi connectivity index (χ4v) is 2.22. The van der Waals surface area contributed by atoms with Crippen LogP contribution in [-0.2, 0) is 19.0 Å². The molecule has 1 amide bonds. The van der Waals surface area contributed by atoms with Crippen LogP contribution in [0.25, 0.3) is 0 Å². The number of hydrogen-bond donors (Lipinski definition) is 1. The van der Waals surface area contributed by atoms with Crippen molar-refractivity contribution in [3.8, 4) is 0 Å². The van der Waals surface area contributed by atoms with E-state index in [0.29, 0.717) is 26.2 Å². The quantitative estimate of drug-likeness (QED) is 0.800. The molecule has 116 valence electrons. The van der Waals surface area contributed by atoms with E-state index in [0.717, 1.165) is 6.42 Å². The van der Waals surface area contributed by atoms with Gasteiger partial charge in [0, 0.05) is 19.8 Å². The fraction of sp³-hybridized carbons (Fsp3) is 0.857. The van der Waals surface area contributed by atoms with Gasteiger partial charge in [0.25, 0.3) is 0 Å². The van der Waals surface area contributed by atoms with Crippen LogP contribution in [0.5, 0.6) is 0 Å². The largest absolute Gasteiger partial charge is 0.469 e. The number of carbonyl (C=O) groups is 2. The summed E-state index contributed by atoms with van der Waals surface area (Å²) in [6, 6.07) is 0. The van der Waals surface area contributed by atoms with Crippen LogP contribution in [0, 0.1) is 11.8 Å². The Morgan fingerprint density at radius 3 is 2.50 bits per heavy atom. The highest BCUT2D eigenvalue weighted by Crippen LogP contribution is 2.24. The summed E-state index contributed by atoms with van der Waals surface area (Å²) in [5.74, 6) is -0.471. The zero-order chi connectivity index (χ0) is 15.2. The molecule has 1 N–H and O–H groups in total. The Balaban J connectivity index is 2.53. The van der Waals surface area contributed by atoms with E-state index in [-0.39, 0.29) is 17.8 Å². The van der Waals surface area contributed by atoms with Crippen molar-refractivity contribution in [2.24, 2.45) is 11.8 Å². The minimum absolute atomic E-state index is 0.0115. The lowest BCUT2D eigenvalue weighted by Gasteiger charge is -2.24. The molecule has 0 aromatic rings. The Morgan fingerprint density at radius 2 is 1.90 bits per heavy atom. The Bertz CT molecular complexity index is 337. The number of amides is 1. The molecule has 1 saturated heterocycles. The van der Waals surface area contributed by atoms with Gasteiger partial charge in [-0.1, -0.05) is 0 Å². The van der Waals surface area contributed by atoms with Crippen molar-refractivity contribution in [3.63, 3.8) is 0 Å². The maximum absolute atomic E-state index is 11.8. The molecule has 1 aliphatic heterocycles. The standard InChI is InChI=1S/C14H25NO5/c1-14(2,3)20-13(17)15-9-10-5-7-19-8-6-11(10)12(16)18-4/h10-11H,5-9H2,1-4H3,(H,15,17)/t10-,11-/m0/s1. The van der Waals surface area contributed by atoms with Crippen molar-refractivity contribution >= 4 is 12.1 Å². The van der Waals surface area contributed by atoms with Gasteiger partial charge in [-0.05, 0) is 39.5 Å². The lowest BCUT2D eigenvalue weighted by Crippen LogP contribution is -2.38. The second-order valence-corrected chi connectivity index (χ2v) is 5.96. The molecule has 0 radical (unpaired) electrons. The number of esters is 1. The third-order valence-electron chi connectivity index (χ3n) is 3.19. The molecule has 1 aliphatic rings. The van der Waals surface area contributed by atoms with E-state index in [2.05, 4.69) is 5.32 Å². The molecule has 20 heavy (non-hydrogen) atoms. The summed E-state index contributed by atoms with van der Waals surface area (Å²) >= 11 is 0. The number of hydrogen-bond acceptors (Lipinski definition) is 5. The van der Waals surface area contributed by atoms with E-state index in [1.165, 1.54) is 7.11 Å². The first-order valence-corrected chi connectivity index (χ1v) is 6.96. The number of ether oxygens (including phenoxy) is 3. The number of nitrogens with one attached hydrogen (secondary N) is 1. The number of rotatable bonds is 3. The van der Waals surface area contributed by atoms with E-state index in [4.69, 9.17) is 14.2 Å². The fourth-order valence-electron chi connectivity index (χ4n) is 2.22. The predicted molar refractivity (Wildman–Crippen MR) is 73.3 cm³/mol. The number of methoxy groups -OCH3 is 1. The molecular weight excluding hydrogens is 262 g/mol. The molecule has 6 nitrogen and oxygen atoms in total. The molecule has 6 heteroatoms. The van der Waals surface area contributed by atoms with E-state index >= 15 is 0 Å². The van der Waals surface area contributed by atoms with Gasteiger partial charge in [0.1, 0.15) is 5.60 Å². The molecule has 1 rings (SSSR count). The van der Waals surface area contributed by atoms with Crippen molar-refractivity contribution < 1.29 is 23.8 Å². The Hall–Kier alpha value is -1.30. The van der Waals surface area contributed by atoms with Crippen LogP contribution in [0.2, 0.25) is 0 Å². The highest BCUT2D eigenvalue weighted by atomic mass is 16.6. The number of carbonyl (C=O) groups excluding carboxylic acids is 2. The molecule has 1 heterocycles. The maximum atomic E-state index is 11.8. The van der Waals surface area contributed by atoms with E-state index in [1.54, 1.807) is 0 Å². The summed E-state index contributed by atoms with van der Waals surface area (Å²) in [6.45, 7) is 6.95. The maximum Gasteiger partial charge on any atom is 0.407 e. The average molecular weight is 287 g/mol. The van der Waals surface area contributed by atoms with Gasteiger partial charge in [-0.2, -0.15) is 0 Å². The third-order valence-corrected chi connectivity index (χ3v) is 3.19. The van der Waals surface area contributed by atoms with Crippen LogP contribution >= 0.6 is 0 Å². The van der Waals surface area contributed by atoms with Gasteiger partial charge in [-0.15, -0.1) is 0 Å². The van der Waals surface area contributed by atoms with Crippen molar-refractivity contribution in [2.45, 2.75) is 39.2 Å². The van der Waals surface area contributed by atoms with Crippen molar-refractivity contribution in [1.82, 2.24) is 5.32 Å². The minimum Gasteiger partial charge on any atom is -0.469 e. The van der Waals surface area contributed by atoms with Crippen molar-refractivity contribution in [2.75, 3.05) is 26.9 Å². The predicted octanol–water partition coefficient (Wildman–Crippen LogP) is 1.73. The molecule has 0 bridgehead atoms. The smallest absolute Gasteiger partial charge is 0.407 e. The van der Waals surface area contributed by atoms with Gasteiger partial charge in [-0.25, -0.2) is 4.79 Å². The summed E-state index contributed by atoms with van der Waals surface area (Å²) in [6.07, 6.45) is 0.870. The monoisotopic (exact) mass is 287 g/mol. The van der Waals surface area contributed by atoms with E-state index in [9.17, 15) is 9.59 Å². The second kappa shape index (κ2) is 7.47. The first-order valence-electron chi connectivity index (χ1n) is 6.96. The van der Waals surface area contributed by atoms with Crippen LogP contribution < -0.4 is 5.32 Å². The van der Waals surface area contributed by atoms with Crippen molar-refractivity contribution in [3.05, 3.63) is 0 Å². The van der Waals surface area contributed by atoms with Crippen LogP contribution in [-0.4, -0.2) is 44.5 Å². The van der Waals surface area contributed by atoms with Gasteiger partial charge in [0.2, 0.25) is 0 Å². The minimum atomic E-state index is -0.529. The molecule has 0 saturated carbocycles. The molecule has 0 aliphatic carbocycles. The lowest BCUT2D eigenvalue weighted by atomic mass is 9.88. The Labute approximate surface area is 120 Å². The average Bonchev–Trinajstić information content (AvgIpc) is 2.58. The summed E-state index contributed by atoms with van der Waals surface area (Å²) < 4.78 is 15.4. The topological polar surface area (TPSA) is 73.9 Å². The van der Waals surface area contributed by atoms with Crippen molar-refractivity contribution in [1.29, 1.82) is 0 Å². The lowest BCUT2D eigenvalue weighted by molar-refractivity contribution is -0.147. The molecular formula is C14H25NO5. The van der Waals surface area contributed by atoms with E-state index < -0.39 is 11.7 Å². The summed E-state index contributed by atoms with van der Waals surface area (Å²) in [7, 11) is 1.38. The van der Waals surface area contributed by atoms with Gasteiger partial charge in [0.15, 0.2) is 0 Å². The molecule has 0 aromatic heterocycles.